The Kier molecular flexibility index (Phi) is 6.99. The van der Waals surface area contributed by atoms with Crippen molar-refractivity contribution < 1.29 is 13.2 Å². The van der Waals surface area contributed by atoms with E-state index in [4.69, 9.17) is 0 Å². The van der Waals surface area contributed by atoms with E-state index in [1.54, 1.807) is 18.2 Å². The molecule has 0 fully saturated rings. The molecule has 130 valence electrons. The molecule has 2 rings (SSSR count). The van der Waals surface area contributed by atoms with Crippen LogP contribution in [0, 0.1) is 0 Å². The maximum Gasteiger partial charge on any atom is 0.265 e. The van der Waals surface area contributed by atoms with E-state index < -0.39 is 10.0 Å². The van der Waals surface area contributed by atoms with Gasteiger partial charge in [-0.15, -0.1) is 11.3 Å². The molecule has 1 amide bonds. The number of amides is 1. The summed E-state index contributed by atoms with van der Waals surface area (Å²) in [4.78, 5) is 12.9. The Labute approximate surface area is 162 Å². The van der Waals surface area contributed by atoms with Gasteiger partial charge in [-0.25, -0.2) is 13.1 Å². The van der Waals surface area contributed by atoms with E-state index in [0.717, 1.165) is 21.1 Å². The molecule has 0 aliphatic carbocycles. The lowest BCUT2D eigenvalue weighted by molar-refractivity contribution is 0.103. The maximum absolute atomic E-state index is 12.2. The van der Waals surface area contributed by atoms with Crippen molar-refractivity contribution in [3.63, 3.8) is 0 Å². The summed E-state index contributed by atoms with van der Waals surface area (Å²) in [6.07, 6.45) is 1.68. The Bertz CT molecular complexity index is 815. The molecule has 2 aromatic rings. The zero-order valence-electron chi connectivity index (χ0n) is 12.8. The van der Waals surface area contributed by atoms with E-state index in [1.807, 2.05) is 6.92 Å². The summed E-state index contributed by atoms with van der Waals surface area (Å²) in [5.41, 5.74) is 0.430. The standard InChI is InChI=1S/C15H16Br2N2O3S2/c1-2-3-7-18-24(21,22)11-6-4-5-10(8-11)19-15(20)13-9-12(16)14(17)23-13/h4-6,8-9,18H,2-3,7H2,1H3,(H,19,20). The molecule has 24 heavy (non-hydrogen) atoms. The number of hydrogen-bond donors (Lipinski definition) is 2. The molecule has 1 heterocycles. The largest absolute Gasteiger partial charge is 0.321 e. The zero-order valence-corrected chi connectivity index (χ0v) is 17.6. The zero-order chi connectivity index (χ0) is 17.7. The van der Waals surface area contributed by atoms with Crippen molar-refractivity contribution in [2.24, 2.45) is 0 Å². The van der Waals surface area contributed by atoms with Crippen LogP contribution in [0.2, 0.25) is 0 Å². The van der Waals surface area contributed by atoms with Gasteiger partial charge in [-0.1, -0.05) is 19.4 Å². The SMILES string of the molecule is CCCCNS(=O)(=O)c1cccc(NC(=O)c2cc(Br)c(Br)s2)c1. The van der Waals surface area contributed by atoms with Crippen molar-refractivity contribution in [2.75, 3.05) is 11.9 Å². The Balaban J connectivity index is 2.14. The highest BCUT2D eigenvalue weighted by Crippen LogP contribution is 2.32. The van der Waals surface area contributed by atoms with Gasteiger partial charge in [0.05, 0.1) is 13.6 Å². The van der Waals surface area contributed by atoms with Crippen LogP contribution >= 0.6 is 43.2 Å². The van der Waals surface area contributed by atoms with Gasteiger partial charge in [0.25, 0.3) is 5.91 Å². The van der Waals surface area contributed by atoms with Gasteiger partial charge in [0.15, 0.2) is 0 Å². The van der Waals surface area contributed by atoms with E-state index in [0.29, 0.717) is 17.1 Å². The van der Waals surface area contributed by atoms with E-state index in [9.17, 15) is 13.2 Å². The number of thiophene rings is 1. The smallest absolute Gasteiger partial charge is 0.265 e. The van der Waals surface area contributed by atoms with Crippen LogP contribution in [0.5, 0.6) is 0 Å². The molecule has 0 bridgehead atoms. The summed E-state index contributed by atoms with van der Waals surface area (Å²) >= 11 is 7.97. The molecule has 0 atom stereocenters. The molecular formula is C15H16Br2N2O3S2. The fourth-order valence-corrected chi connectivity index (χ4v) is 4.91. The summed E-state index contributed by atoms with van der Waals surface area (Å²) < 4.78 is 28.6. The molecule has 2 N–H and O–H groups in total. The van der Waals surface area contributed by atoms with Crippen molar-refractivity contribution in [1.82, 2.24) is 4.72 Å². The van der Waals surface area contributed by atoms with Crippen LogP contribution in [0.4, 0.5) is 5.69 Å². The fraction of sp³-hybridized carbons (Fsp3) is 0.267. The fourth-order valence-electron chi connectivity index (χ4n) is 1.86. The van der Waals surface area contributed by atoms with Crippen molar-refractivity contribution in [3.05, 3.63) is 43.5 Å². The van der Waals surface area contributed by atoms with Crippen LogP contribution in [0.15, 0.2) is 43.5 Å². The number of unbranched alkanes of at least 4 members (excludes halogenated alkanes) is 1. The number of benzene rings is 1. The van der Waals surface area contributed by atoms with Crippen molar-refractivity contribution in [2.45, 2.75) is 24.7 Å². The number of hydrogen-bond acceptors (Lipinski definition) is 4. The molecular weight excluding hydrogens is 480 g/mol. The third kappa shape index (κ3) is 5.13. The molecule has 9 heteroatoms. The van der Waals surface area contributed by atoms with Crippen molar-refractivity contribution in [3.8, 4) is 0 Å². The lowest BCUT2D eigenvalue weighted by Crippen LogP contribution is -2.24. The first-order valence-corrected chi connectivity index (χ1v) is 11.1. The number of nitrogens with one attached hydrogen (secondary N) is 2. The molecule has 0 radical (unpaired) electrons. The first-order valence-electron chi connectivity index (χ1n) is 7.19. The van der Waals surface area contributed by atoms with Crippen LogP contribution in [0.1, 0.15) is 29.4 Å². The minimum Gasteiger partial charge on any atom is -0.321 e. The van der Waals surface area contributed by atoms with Gasteiger partial charge in [-0.2, -0.15) is 0 Å². The third-order valence-electron chi connectivity index (χ3n) is 3.09. The predicted octanol–water partition coefficient (Wildman–Crippen LogP) is 4.60. The second kappa shape index (κ2) is 8.57. The average Bonchev–Trinajstić information content (AvgIpc) is 2.87. The van der Waals surface area contributed by atoms with Gasteiger partial charge in [-0.3, -0.25) is 4.79 Å². The lowest BCUT2D eigenvalue weighted by Gasteiger charge is -2.09. The average molecular weight is 496 g/mol. The molecule has 5 nitrogen and oxygen atoms in total. The number of halogens is 2. The van der Waals surface area contributed by atoms with Crippen LogP contribution < -0.4 is 10.0 Å². The highest BCUT2D eigenvalue weighted by molar-refractivity contribution is 9.13. The molecule has 1 aromatic heterocycles. The summed E-state index contributed by atoms with van der Waals surface area (Å²) in [7, 11) is -3.57. The lowest BCUT2D eigenvalue weighted by atomic mass is 10.3. The highest BCUT2D eigenvalue weighted by atomic mass is 79.9. The first kappa shape index (κ1) is 19.6. The number of rotatable bonds is 7. The van der Waals surface area contributed by atoms with Gasteiger partial charge < -0.3 is 5.32 Å². The van der Waals surface area contributed by atoms with Crippen LogP contribution in [0.25, 0.3) is 0 Å². The number of carbonyl (C=O) groups is 1. The van der Waals surface area contributed by atoms with Crippen LogP contribution in [-0.4, -0.2) is 20.9 Å². The van der Waals surface area contributed by atoms with Gasteiger partial charge in [0.1, 0.15) is 0 Å². The van der Waals surface area contributed by atoms with E-state index in [-0.39, 0.29) is 10.8 Å². The molecule has 0 aliphatic heterocycles. The number of carbonyl (C=O) groups excluding carboxylic acids is 1. The molecule has 0 saturated heterocycles. The van der Waals surface area contributed by atoms with E-state index in [2.05, 4.69) is 41.9 Å². The second-order valence-corrected chi connectivity index (χ2v) is 9.96. The van der Waals surface area contributed by atoms with E-state index >= 15 is 0 Å². The third-order valence-corrected chi connectivity index (χ3v) is 7.81. The second-order valence-electron chi connectivity index (χ2n) is 4.97. The van der Waals surface area contributed by atoms with Crippen molar-refractivity contribution >= 4 is 64.8 Å². The quantitative estimate of drug-likeness (QED) is 0.551. The van der Waals surface area contributed by atoms with Gasteiger partial charge in [-0.05, 0) is 62.5 Å². The summed E-state index contributed by atoms with van der Waals surface area (Å²) in [5, 5.41) is 2.72. The summed E-state index contributed by atoms with van der Waals surface area (Å²) in [6, 6.07) is 7.91. The molecule has 0 saturated carbocycles. The van der Waals surface area contributed by atoms with Crippen LogP contribution in [0.3, 0.4) is 0 Å². The summed E-state index contributed by atoms with van der Waals surface area (Å²) in [5.74, 6) is -0.292. The van der Waals surface area contributed by atoms with Crippen molar-refractivity contribution in [1.29, 1.82) is 0 Å². The Morgan fingerprint density at radius 3 is 2.62 bits per heavy atom. The molecule has 1 aromatic carbocycles. The number of sulfonamides is 1. The van der Waals surface area contributed by atoms with Gasteiger partial charge in [0.2, 0.25) is 10.0 Å². The predicted molar refractivity (Wildman–Crippen MR) is 104 cm³/mol. The topological polar surface area (TPSA) is 75.3 Å². The van der Waals surface area contributed by atoms with E-state index in [1.165, 1.54) is 23.5 Å². The monoisotopic (exact) mass is 494 g/mol. The number of anilines is 1. The molecule has 0 spiro atoms. The van der Waals surface area contributed by atoms with Gasteiger partial charge in [0, 0.05) is 16.7 Å². The normalized spacial score (nSPS) is 11.5. The summed E-state index contributed by atoms with van der Waals surface area (Å²) in [6.45, 7) is 2.39. The Morgan fingerprint density at radius 1 is 1.25 bits per heavy atom. The minimum absolute atomic E-state index is 0.130. The molecule has 0 aliphatic rings. The van der Waals surface area contributed by atoms with Gasteiger partial charge >= 0.3 is 0 Å². The van der Waals surface area contributed by atoms with Crippen LogP contribution in [-0.2, 0) is 10.0 Å². The highest BCUT2D eigenvalue weighted by Gasteiger charge is 2.16. The Morgan fingerprint density at radius 2 is 2.00 bits per heavy atom. The maximum atomic E-state index is 12.2. The Hall–Kier alpha value is -0.740. The molecule has 0 unspecified atom stereocenters. The first-order chi connectivity index (χ1) is 11.3. The minimum atomic E-state index is -3.57.